The zero-order valence-corrected chi connectivity index (χ0v) is 38.7. The molecule has 7 atom stereocenters. The number of phosphoric ester groups is 2. The van der Waals surface area contributed by atoms with E-state index in [1.165, 1.54) is 70.3 Å². The van der Waals surface area contributed by atoms with Crippen LogP contribution in [0.25, 0.3) is 0 Å². The standard InChI is InChI=1S/C42H75N3O15P2/c1-3-5-7-9-11-13-15-16-18-20-22-24-26-28-38(47)58-34(31-55-37(46)27-25-23-21-19-17-14-12-10-8-6-4-2)32-56-61(51,52)60-62(53,54)57-33-35-39(48)40(49)41(59-35)45-30-29-36(43)44-42(45)50/h13,15,29-30,34-35,39-41,48-49H,3-12,14,16-28,31-33H2,1-2H3,(H,51,52)(H,53,54)(H2,43,44,50)/b15-13-/t34-,35-,39-,40-,41-/m1/s1. The minimum atomic E-state index is -5.41. The predicted octanol–water partition coefficient (Wildman–Crippen LogP) is 8.11. The van der Waals surface area contributed by atoms with E-state index in [0.717, 1.165) is 75.0 Å². The maximum Gasteiger partial charge on any atom is 0.481 e. The first-order valence-corrected chi connectivity index (χ1v) is 25.7. The van der Waals surface area contributed by atoms with E-state index < -0.39 is 83.7 Å². The number of anilines is 1. The van der Waals surface area contributed by atoms with Crippen molar-refractivity contribution >= 4 is 33.4 Å². The Morgan fingerprint density at radius 2 is 1.26 bits per heavy atom. The van der Waals surface area contributed by atoms with Gasteiger partial charge in [-0.3, -0.25) is 23.2 Å². The van der Waals surface area contributed by atoms with Crippen molar-refractivity contribution in [2.45, 2.75) is 199 Å². The fourth-order valence-electron chi connectivity index (χ4n) is 6.78. The summed E-state index contributed by atoms with van der Waals surface area (Å²) in [6, 6.07) is 1.25. The highest BCUT2D eigenvalue weighted by Crippen LogP contribution is 2.60. The molecule has 358 valence electrons. The second-order valence-electron chi connectivity index (χ2n) is 15.9. The number of unbranched alkanes of at least 4 members (excludes halogenated alkanes) is 19. The van der Waals surface area contributed by atoms with E-state index in [1.807, 2.05) is 0 Å². The number of aromatic nitrogens is 2. The van der Waals surface area contributed by atoms with Gasteiger partial charge in [0.2, 0.25) is 0 Å². The zero-order chi connectivity index (χ0) is 45.6. The van der Waals surface area contributed by atoms with Crippen molar-refractivity contribution in [3.63, 3.8) is 0 Å². The molecule has 0 spiro atoms. The van der Waals surface area contributed by atoms with Crippen molar-refractivity contribution < 1.29 is 66.3 Å². The molecule has 1 aromatic rings. The number of hydrogen-bond acceptors (Lipinski definition) is 15. The van der Waals surface area contributed by atoms with Crippen LogP contribution in [0.5, 0.6) is 0 Å². The third-order valence-electron chi connectivity index (χ3n) is 10.4. The van der Waals surface area contributed by atoms with Crippen molar-refractivity contribution in [2.24, 2.45) is 0 Å². The quantitative estimate of drug-likeness (QED) is 0.0182. The molecular formula is C42H75N3O15P2. The highest BCUT2D eigenvalue weighted by Gasteiger charge is 2.46. The summed E-state index contributed by atoms with van der Waals surface area (Å²) in [7, 11) is -10.8. The van der Waals surface area contributed by atoms with Crippen molar-refractivity contribution in [1.29, 1.82) is 0 Å². The summed E-state index contributed by atoms with van der Waals surface area (Å²) >= 11 is 0. The lowest BCUT2D eigenvalue weighted by molar-refractivity contribution is -0.161. The number of hydrogen-bond donors (Lipinski definition) is 5. The fourth-order valence-corrected chi connectivity index (χ4v) is 8.89. The average Bonchev–Trinajstić information content (AvgIpc) is 3.50. The van der Waals surface area contributed by atoms with Gasteiger partial charge in [0, 0.05) is 19.0 Å². The molecule has 0 aromatic carbocycles. The van der Waals surface area contributed by atoms with Crippen LogP contribution in [0, 0.1) is 0 Å². The van der Waals surface area contributed by atoms with Gasteiger partial charge in [-0.1, -0.05) is 129 Å². The van der Waals surface area contributed by atoms with Gasteiger partial charge in [-0.2, -0.15) is 9.29 Å². The molecule has 0 aliphatic carbocycles. The van der Waals surface area contributed by atoms with E-state index in [2.05, 4.69) is 35.3 Å². The van der Waals surface area contributed by atoms with Crippen LogP contribution >= 0.6 is 15.6 Å². The third-order valence-corrected chi connectivity index (χ3v) is 13.0. The van der Waals surface area contributed by atoms with Crippen molar-refractivity contribution in [2.75, 3.05) is 25.6 Å². The maximum atomic E-state index is 12.8. The monoisotopic (exact) mass is 923 g/mol. The molecule has 0 radical (unpaired) electrons. The number of aliphatic hydroxyl groups excluding tert-OH is 2. The average molecular weight is 924 g/mol. The number of phosphoric acid groups is 2. The van der Waals surface area contributed by atoms with E-state index in [1.54, 1.807) is 0 Å². The number of carbonyl (C=O) groups is 2. The summed E-state index contributed by atoms with van der Waals surface area (Å²) < 4.78 is 56.5. The van der Waals surface area contributed by atoms with Crippen molar-refractivity contribution in [3.8, 4) is 0 Å². The first-order valence-electron chi connectivity index (χ1n) is 22.7. The molecule has 1 aliphatic rings. The van der Waals surface area contributed by atoms with Crippen LogP contribution < -0.4 is 11.4 Å². The number of nitrogens with two attached hydrogens (primary N) is 1. The van der Waals surface area contributed by atoms with Gasteiger partial charge in [0.15, 0.2) is 12.3 Å². The topological polar surface area (TPSA) is 265 Å². The van der Waals surface area contributed by atoms with E-state index in [0.29, 0.717) is 12.8 Å². The molecule has 6 N–H and O–H groups in total. The molecule has 62 heavy (non-hydrogen) atoms. The van der Waals surface area contributed by atoms with E-state index in [9.17, 15) is 43.5 Å². The number of rotatable bonds is 37. The molecule has 0 bridgehead atoms. The second-order valence-corrected chi connectivity index (χ2v) is 19.0. The molecule has 1 fully saturated rings. The normalized spacial score (nSPS) is 20.2. The SMILES string of the molecule is CCCCCC/C=C\CCCCCCCC(=O)O[C@H](COC(=O)CCCCCCCCCCCCC)COP(=O)(O)OP(=O)(O)OC[C@H]1O[C@@H](n2ccc(N)nc2=O)[C@H](O)[C@@H]1O. The number of aliphatic hydroxyl groups is 2. The number of carbonyl (C=O) groups excluding carboxylic acids is 2. The lowest BCUT2D eigenvalue weighted by atomic mass is 10.1. The molecule has 1 saturated heterocycles. The molecule has 1 aliphatic heterocycles. The van der Waals surface area contributed by atoms with Crippen LogP contribution in [0.15, 0.2) is 29.2 Å². The highest BCUT2D eigenvalue weighted by molar-refractivity contribution is 7.61. The molecule has 1 aromatic heterocycles. The van der Waals surface area contributed by atoms with Gasteiger partial charge in [0.1, 0.15) is 30.7 Å². The Bertz CT molecular complexity index is 1580. The fraction of sp³-hybridized carbons (Fsp3) is 0.810. The van der Waals surface area contributed by atoms with Crippen LogP contribution in [-0.4, -0.2) is 85.7 Å². The Kier molecular flexibility index (Phi) is 28.9. The predicted molar refractivity (Wildman–Crippen MR) is 234 cm³/mol. The van der Waals surface area contributed by atoms with E-state index >= 15 is 0 Å². The van der Waals surface area contributed by atoms with Gasteiger partial charge in [0.05, 0.1) is 13.2 Å². The summed E-state index contributed by atoms with van der Waals surface area (Å²) in [5.74, 6) is -1.30. The number of esters is 2. The second kappa shape index (κ2) is 32.2. The Morgan fingerprint density at radius 1 is 0.758 bits per heavy atom. The molecule has 2 rings (SSSR count). The van der Waals surface area contributed by atoms with Crippen LogP contribution in [-0.2, 0) is 46.3 Å². The van der Waals surface area contributed by atoms with Crippen LogP contribution in [0.3, 0.4) is 0 Å². The summed E-state index contributed by atoms with van der Waals surface area (Å²) in [4.78, 5) is 61.6. The first-order chi connectivity index (χ1) is 29.7. The lowest BCUT2D eigenvalue weighted by Gasteiger charge is -2.21. The number of allylic oxidation sites excluding steroid dienone is 2. The minimum absolute atomic E-state index is 0.0436. The van der Waals surface area contributed by atoms with Crippen molar-refractivity contribution in [3.05, 3.63) is 34.9 Å². The number of nitrogen functional groups attached to an aromatic ring is 1. The Balaban J connectivity index is 1.84. The van der Waals surface area contributed by atoms with Gasteiger partial charge in [-0.05, 0) is 44.6 Å². The third kappa shape index (κ3) is 25.1. The molecule has 0 saturated carbocycles. The molecule has 2 heterocycles. The van der Waals surface area contributed by atoms with Gasteiger partial charge in [0.25, 0.3) is 0 Å². The smallest absolute Gasteiger partial charge is 0.462 e. The lowest BCUT2D eigenvalue weighted by Crippen LogP contribution is -2.36. The molecule has 0 amide bonds. The highest BCUT2D eigenvalue weighted by atomic mass is 31.3. The summed E-state index contributed by atoms with van der Waals surface area (Å²) in [6.07, 6.45) is 21.7. The molecule has 18 nitrogen and oxygen atoms in total. The van der Waals surface area contributed by atoms with Gasteiger partial charge in [-0.25, -0.2) is 13.9 Å². The Morgan fingerprint density at radius 3 is 1.82 bits per heavy atom. The molecule has 20 heteroatoms. The van der Waals surface area contributed by atoms with Crippen LogP contribution in [0.2, 0.25) is 0 Å². The van der Waals surface area contributed by atoms with Crippen molar-refractivity contribution in [1.82, 2.24) is 9.55 Å². The maximum absolute atomic E-state index is 12.8. The summed E-state index contributed by atoms with van der Waals surface area (Å²) in [5, 5.41) is 20.8. The zero-order valence-electron chi connectivity index (χ0n) is 36.9. The number of nitrogens with zero attached hydrogens (tertiary/aromatic N) is 2. The minimum Gasteiger partial charge on any atom is -0.462 e. The van der Waals surface area contributed by atoms with Crippen LogP contribution in [0.1, 0.15) is 174 Å². The molecular weight excluding hydrogens is 848 g/mol. The van der Waals surface area contributed by atoms with Gasteiger partial charge < -0.3 is 39.9 Å². The molecule has 2 unspecified atom stereocenters. The Hall–Kier alpha value is -2.50. The first kappa shape index (κ1) is 55.6. The summed E-state index contributed by atoms with van der Waals surface area (Å²) in [6.45, 7) is 2.10. The van der Waals surface area contributed by atoms with Gasteiger partial charge in [-0.15, -0.1) is 0 Å². The van der Waals surface area contributed by atoms with E-state index in [-0.39, 0.29) is 18.7 Å². The largest absolute Gasteiger partial charge is 0.481 e. The van der Waals surface area contributed by atoms with E-state index in [4.69, 9.17) is 29.0 Å². The number of ether oxygens (including phenoxy) is 3. The van der Waals surface area contributed by atoms with Gasteiger partial charge >= 0.3 is 33.3 Å². The summed E-state index contributed by atoms with van der Waals surface area (Å²) in [5.41, 5.74) is 4.58. The Labute approximate surface area is 367 Å². The van der Waals surface area contributed by atoms with Crippen LogP contribution in [0.4, 0.5) is 5.82 Å².